The first-order valence-electron chi connectivity index (χ1n) is 9.31. The summed E-state index contributed by atoms with van der Waals surface area (Å²) in [6.45, 7) is 1.97. The summed E-state index contributed by atoms with van der Waals surface area (Å²) in [6.07, 6.45) is 1.20. The van der Waals surface area contributed by atoms with Crippen LogP contribution in [0.25, 0.3) is 0 Å². The van der Waals surface area contributed by atoms with E-state index in [1.165, 1.54) is 19.1 Å². The van der Waals surface area contributed by atoms with E-state index in [4.69, 9.17) is 4.74 Å². The van der Waals surface area contributed by atoms with Crippen molar-refractivity contribution in [3.8, 4) is 0 Å². The molecule has 7 nitrogen and oxygen atoms in total. The highest BCUT2D eigenvalue weighted by molar-refractivity contribution is 6.08. The Morgan fingerprint density at radius 3 is 2.37 bits per heavy atom. The minimum absolute atomic E-state index is 0.218. The van der Waals surface area contributed by atoms with Crippen molar-refractivity contribution in [1.82, 2.24) is 4.90 Å². The van der Waals surface area contributed by atoms with Crippen molar-refractivity contribution in [1.29, 1.82) is 0 Å². The summed E-state index contributed by atoms with van der Waals surface area (Å²) >= 11 is 0. The molecule has 0 saturated carbocycles. The Hall–Kier alpha value is -2.41. The van der Waals surface area contributed by atoms with Gasteiger partial charge in [-0.25, -0.2) is 4.79 Å². The van der Waals surface area contributed by atoms with E-state index in [1.54, 1.807) is 0 Å². The quantitative estimate of drug-likeness (QED) is 0.593. The number of amides is 2. The van der Waals surface area contributed by atoms with E-state index >= 15 is 0 Å². The summed E-state index contributed by atoms with van der Waals surface area (Å²) in [5, 5.41) is 1.91. The van der Waals surface area contributed by atoms with Crippen molar-refractivity contribution < 1.29 is 24.4 Å². The van der Waals surface area contributed by atoms with Gasteiger partial charge in [0.05, 0.1) is 7.11 Å². The van der Waals surface area contributed by atoms with Crippen LogP contribution in [0, 0.1) is 11.8 Å². The number of ether oxygens (including phenoxy) is 1. The molecule has 2 saturated heterocycles. The predicted octanol–water partition coefficient (Wildman–Crippen LogP) is 0.314. The highest BCUT2D eigenvalue weighted by Crippen LogP contribution is 2.45. The molecule has 2 aliphatic rings. The molecule has 0 unspecified atom stereocenters. The molecule has 1 aromatic carbocycles. The first-order chi connectivity index (χ1) is 12.8. The fourth-order valence-corrected chi connectivity index (χ4v) is 4.70. The number of methoxy groups -OCH3 is 1. The lowest BCUT2D eigenvalue weighted by Gasteiger charge is -2.28. The fraction of sp³-hybridized carbons (Fsp3) is 0.550. The molecule has 0 spiro atoms. The highest BCUT2D eigenvalue weighted by atomic mass is 16.5. The fourth-order valence-electron chi connectivity index (χ4n) is 4.70. The van der Waals surface area contributed by atoms with Gasteiger partial charge in [-0.1, -0.05) is 19.1 Å². The molecule has 2 fully saturated rings. The number of hydrogen-bond acceptors (Lipinski definition) is 5. The Balaban J connectivity index is 2.09. The summed E-state index contributed by atoms with van der Waals surface area (Å²) in [5.74, 6) is -2.18. The standard InChI is InChI=1S/C20H27N3O4/c1-6-11-20(19(26)27-5)15-14(17(24)23(4)18(15)25)16(21-20)12-7-9-13(10-8-12)22(2)3/h7-10,14-16,21H,6,11H2,1-5H3/p+1/t14-,15-,16-,20-/m0/s1. The molecule has 4 atom stereocenters. The molecule has 0 bridgehead atoms. The predicted molar refractivity (Wildman–Crippen MR) is 99.8 cm³/mol. The Kier molecular flexibility index (Phi) is 4.99. The minimum atomic E-state index is -1.06. The van der Waals surface area contributed by atoms with Gasteiger partial charge >= 0.3 is 5.97 Å². The van der Waals surface area contributed by atoms with Crippen LogP contribution < -0.4 is 10.2 Å². The summed E-state index contributed by atoms with van der Waals surface area (Å²) in [4.78, 5) is 41.8. The number of rotatable bonds is 5. The van der Waals surface area contributed by atoms with Crippen molar-refractivity contribution in [2.24, 2.45) is 11.8 Å². The number of nitrogens with two attached hydrogens (primary N) is 1. The molecule has 2 heterocycles. The lowest BCUT2D eigenvalue weighted by atomic mass is 9.77. The number of carbonyl (C=O) groups excluding carboxylic acids is 3. The van der Waals surface area contributed by atoms with Crippen LogP contribution in [-0.2, 0) is 19.1 Å². The van der Waals surface area contributed by atoms with Crippen LogP contribution in [0.2, 0.25) is 0 Å². The second kappa shape index (κ2) is 6.96. The van der Waals surface area contributed by atoms with Crippen molar-refractivity contribution in [3.05, 3.63) is 29.8 Å². The molecule has 2 N–H and O–H groups in total. The van der Waals surface area contributed by atoms with Crippen LogP contribution in [0.5, 0.6) is 0 Å². The van der Waals surface area contributed by atoms with E-state index < -0.39 is 23.3 Å². The Morgan fingerprint density at radius 2 is 1.85 bits per heavy atom. The third-order valence-electron chi connectivity index (χ3n) is 6.01. The Bertz CT molecular complexity index is 761. The number of nitrogens with zero attached hydrogens (tertiary/aromatic N) is 2. The molecule has 0 aliphatic carbocycles. The first kappa shape index (κ1) is 19.4. The van der Waals surface area contributed by atoms with Gasteiger partial charge in [0.25, 0.3) is 0 Å². The van der Waals surface area contributed by atoms with Gasteiger partial charge in [-0.2, -0.15) is 0 Å². The second-order valence-electron chi connectivity index (χ2n) is 7.70. The van der Waals surface area contributed by atoms with E-state index in [0.717, 1.165) is 11.3 Å². The maximum atomic E-state index is 12.9. The lowest BCUT2D eigenvalue weighted by Crippen LogP contribution is -2.98. The largest absolute Gasteiger partial charge is 0.464 e. The molecule has 3 rings (SSSR count). The number of hydrogen-bond donors (Lipinski definition) is 1. The highest BCUT2D eigenvalue weighted by Gasteiger charge is 2.71. The zero-order chi connectivity index (χ0) is 19.9. The molecular weight excluding hydrogens is 346 g/mol. The SMILES string of the molecule is CCC[C@]1(C(=O)OC)[NH2+][C@@H](c2ccc(N(C)C)cc2)[C@H]2C(=O)N(C)C(=O)[C@H]21. The molecule has 146 valence electrons. The summed E-state index contributed by atoms with van der Waals surface area (Å²) in [6, 6.07) is 7.63. The average Bonchev–Trinajstić information content (AvgIpc) is 3.12. The normalized spacial score (nSPS) is 29.8. The van der Waals surface area contributed by atoms with Gasteiger partial charge in [0, 0.05) is 38.8 Å². The van der Waals surface area contributed by atoms with Crippen molar-refractivity contribution in [3.63, 3.8) is 0 Å². The van der Waals surface area contributed by atoms with Crippen LogP contribution >= 0.6 is 0 Å². The zero-order valence-electron chi connectivity index (χ0n) is 16.6. The molecule has 0 radical (unpaired) electrons. The van der Waals surface area contributed by atoms with Crippen LogP contribution in [0.15, 0.2) is 24.3 Å². The summed E-state index contributed by atoms with van der Waals surface area (Å²) in [7, 11) is 6.77. The average molecular weight is 374 g/mol. The molecule has 0 aromatic heterocycles. The number of likely N-dealkylation sites (tertiary alicyclic amines) is 1. The van der Waals surface area contributed by atoms with Gasteiger partial charge in [-0.15, -0.1) is 0 Å². The van der Waals surface area contributed by atoms with E-state index in [0.29, 0.717) is 12.8 Å². The minimum Gasteiger partial charge on any atom is -0.464 e. The van der Waals surface area contributed by atoms with Gasteiger partial charge in [0.2, 0.25) is 17.4 Å². The van der Waals surface area contributed by atoms with Gasteiger partial charge in [0.15, 0.2) is 0 Å². The van der Waals surface area contributed by atoms with Crippen molar-refractivity contribution in [2.45, 2.75) is 31.3 Å². The first-order valence-corrected chi connectivity index (χ1v) is 9.31. The number of fused-ring (bicyclic) bond motifs is 1. The number of quaternary nitrogens is 1. The second-order valence-corrected chi connectivity index (χ2v) is 7.70. The van der Waals surface area contributed by atoms with E-state index in [9.17, 15) is 14.4 Å². The van der Waals surface area contributed by atoms with E-state index in [1.807, 2.05) is 55.5 Å². The number of esters is 1. The zero-order valence-corrected chi connectivity index (χ0v) is 16.6. The molecule has 1 aromatic rings. The Labute approximate surface area is 159 Å². The lowest BCUT2D eigenvalue weighted by molar-refractivity contribution is -0.735. The van der Waals surface area contributed by atoms with Gasteiger partial charge in [0.1, 0.15) is 17.9 Å². The van der Waals surface area contributed by atoms with Crippen LogP contribution in [0.3, 0.4) is 0 Å². The molecule has 7 heteroatoms. The van der Waals surface area contributed by atoms with Crippen LogP contribution in [-0.4, -0.2) is 56.5 Å². The summed E-state index contributed by atoms with van der Waals surface area (Å²) in [5.41, 5.74) is 0.928. The number of benzene rings is 1. The third-order valence-corrected chi connectivity index (χ3v) is 6.01. The van der Waals surface area contributed by atoms with Gasteiger partial charge < -0.3 is 15.0 Å². The molecule has 2 amide bonds. The Morgan fingerprint density at radius 1 is 1.22 bits per heavy atom. The summed E-state index contributed by atoms with van der Waals surface area (Å²) < 4.78 is 5.09. The van der Waals surface area contributed by atoms with Crippen LogP contribution in [0.4, 0.5) is 5.69 Å². The number of carbonyl (C=O) groups is 3. The number of imide groups is 1. The maximum Gasteiger partial charge on any atom is 0.368 e. The van der Waals surface area contributed by atoms with Crippen molar-refractivity contribution in [2.75, 3.05) is 33.2 Å². The van der Waals surface area contributed by atoms with Crippen LogP contribution in [0.1, 0.15) is 31.4 Å². The number of anilines is 1. The van der Waals surface area contributed by atoms with E-state index in [-0.39, 0.29) is 17.9 Å². The third kappa shape index (κ3) is 2.81. The topological polar surface area (TPSA) is 83.5 Å². The molecule has 2 aliphatic heterocycles. The maximum absolute atomic E-state index is 12.9. The van der Waals surface area contributed by atoms with Crippen molar-refractivity contribution >= 4 is 23.5 Å². The molecule has 27 heavy (non-hydrogen) atoms. The van der Waals surface area contributed by atoms with Gasteiger partial charge in [-0.3, -0.25) is 14.5 Å². The molecular formula is C20H28N3O4+. The smallest absolute Gasteiger partial charge is 0.368 e. The monoisotopic (exact) mass is 374 g/mol. The van der Waals surface area contributed by atoms with Gasteiger partial charge in [-0.05, 0) is 18.6 Å². The van der Waals surface area contributed by atoms with E-state index in [2.05, 4.69) is 0 Å².